The molecule has 5 nitrogen and oxygen atoms in total. The quantitative estimate of drug-likeness (QED) is 0.720. The van der Waals surface area contributed by atoms with Crippen LogP contribution >= 0.6 is 11.8 Å². The fourth-order valence-corrected chi connectivity index (χ4v) is 3.44. The van der Waals surface area contributed by atoms with Crippen molar-refractivity contribution in [3.05, 3.63) is 5.82 Å². The van der Waals surface area contributed by atoms with Crippen LogP contribution < -0.4 is 0 Å². The summed E-state index contributed by atoms with van der Waals surface area (Å²) in [5, 5.41) is 8.84. The van der Waals surface area contributed by atoms with E-state index in [2.05, 4.69) is 17.1 Å². The highest BCUT2D eigenvalue weighted by Gasteiger charge is 2.10. The van der Waals surface area contributed by atoms with Crippen molar-refractivity contribution in [3.8, 4) is 0 Å². The topological polar surface area (TPSA) is 64.8 Å². The van der Waals surface area contributed by atoms with Gasteiger partial charge in [0.1, 0.15) is 15.7 Å². The number of aromatic nitrogens is 3. The smallest absolute Gasteiger partial charge is 0.191 e. The van der Waals surface area contributed by atoms with Crippen LogP contribution in [0.2, 0.25) is 0 Å². The first kappa shape index (κ1) is 13.5. The minimum absolute atomic E-state index is 0.176. The second kappa shape index (κ2) is 5.67. The Balaban J connectivity index is 2.60. The lowest BCUT2D eigenvalue weighted by Crippen LogP contribution is -2.07. The van der Waals surface area contributed by atoms with Crippen LogP contribution in [0.4, 0.5) is 0 Å². The molecule has 0 fully saturated rings. The summed E-state index contributed by atoms with van der Waals surface area (Å²) in [6.45, 7) is 4.87. The van der Waals surface area contributed by atoms with Crippen molar-refractivity contribution < 1.29 is 8.42 Å². The standard InChI is InChI=1S/C9H17N3O2S2/c1-4-5-12-8(2)10-11-9(12)15-6-7-16(3,13)14/h4-7H2,1-3H3. The maximum absolute atomic E-state index is 11.0. The molecule has 1 aromatic heterocycles. The third-order valence-electron chi connectivity index (χ3n) is 2.03. The molecule has 0 saturated heterocycles. The van der Waals surface area contributed by atoms with E-state index >= 15 is 0 Å². The molecule has 0 aliphatic carbocycles. The fourth-order valence-electron chi connectivity index (χ4n) is 1.23. The Morgan fingerprint density at radius 3 is 2.62 bits per heavy atom. The Morgan fingerprint density at radius 2 is 2.06 bits per heavy atom. The number of hydrogen-bond donors (Lipinski definition) is 0. The highest BCUT2D eigenvalue weighted by atomic mass is 32.2. The molecule has 0 aliphatic heterocycles. The first-order valence-corrected chi connectivity index (χ1v) is 8.19. The van der Waals surface area contributed by atoms with Crippen molar-refractivity contribution in [2.24, 2.45) is 0 Å². The average Bonchev–Trinajstić information content (AvgIpc) is 2.48. The zero-order valence-corrected chi connectivity index (χ0v) is 11.4. The summed E-state index contributed by atoms with van der Waals surface area (Å²) in [6, 6.07) is 0. The number of sulfone groups is 1. The van der Waals surface area contributed by atoms with Crippen molar-refractivity contribution in [2.75, 3.05) is 17.8 Å². The monoisotopic (exact) mass is 263 g/mol. The molecule has 1 heterocycles. The Kier molecular flexibility index (Phi) is 4.79. The molecule has 0 amide bonds. The molecule has 0 N–H and O–H groups in total. The molecule has 0 aromatic carbocycles. The Morgan fingerprint density at radius 1 is 1.38 bits per heavy atom. The molecule has 0 radical (unpaired) electrons. The van der Waals surface area contributed by atoms with Crippen molar-refractivity contribution in [3.63, 3.8) is 0 Å². The van der Waals surface area contributed by atoms with Crippen LogP contribution in [-0.2, 0) is 16.4 Å². The normalized spacial score (nSPS) is 11.9. The third kappa shape index (κ3) is 4.13. The molecule has 92 valence electrons. The van der Waals surface area contributed by atoms with E-state index in [0.717, 1.165) is 23.9 Å². The molecule has 16 heavy (non-hydrogen) atoms. The number of thioether (sulfide) groups is 1. The van der Waals surface area contributed by atoms with Crippen molar-refractivity contribution in [1.82, 2.24) is 14.8 Å². The largest absolute Gasteiger partial charge is 0.306 e. The van der Waals surface area contributed by atoms with E-state index in [1.807, 2.05) is 11.5 Å². The van der Waals surface area contributed by atoms with E-state index in [0.29, 0.717) is 5.75 Å². The zero-order valence-electron chi connectivity index (χ0n) is 9.80. The first-order chi connectivity index (χ1) is 7.44. The third-order valence-corrected chi connectivity index (χ3v) is 4.21. The summed E-state index contributed by atoms with van der Waals surface area (Å²) in [4.78, 5) is 0. The minimum Gasteiger partial charge on any atom is -0.306 e. The summed E-state index contributed by atoms with van der Waals surface area (Å²) < 4.78 is 24.0. The zero-order chi connectivity index (χ0) is 12.2. The Bertz CT molecular complexity index is 440. The number of nitrogens with zero attached hydrogens (tertiary/aromatic N) is 3. The maximum atomic E-state index is 11.0. The number of aryl methyl sites for hydroxylation is 1. The summed E-state index contributed by atoms with van der Waals surface area (Å²) in [6.07, 6.45) is 2.26. The summed E-state index contributed by atoms with van der Waals surface area (Å²) in [5.74, 6) is 1.58. The summed E-state index contributed by atoms with van der Waals surface area (Å²) in [7, 11) is -2.89. The molecule has 0 saturated carbocycles. The Labute approximate surface area is 101 Å². The SMILES string of the molecule is CCCn1c(C)nnc1SCCS(C)(=O)=O. The van der Waals surface area contributed by atoms with Gasteiger partial charge in [-0.05, 0) is 13.3 Å². The molecule has 0 unspecified atom stereocenters. The van der Waals surface area contributed by atoms with Crippen LogP contribution in [0.25, 0.3) is 0 Å². The van der Waals surface area contributed by atoms with Crippen molar-refractivity contribution in [1.29, 1.82) is 0 Å². The lowest BCUT2D eigenvalue weighted by Gasteiger charge is -2.05. The molecule has 0 bridgehead atoms. The molecule has 7 heteroatoms. The highest BCUT2D eigenvalue weighted by Crippen LogP contribution is 2.17. The van der Waals surface area contributed by atoms with Gasteiger partial charge in [0.25, 0.3) is 0 Å². The lowest BCUT2D eigenvalue weighted by atomic mass is 10.5. The predicted octanol–water partition coefficient (Wildman–Crippen LogP) is 1.13. The van der Waals surface area contributed by atoms with Crippen LogP contribution in [0.5, 0.6) is 0 Å². The van der Waals surface area contributed by atoms with Crippen LogP contribution in [0.3, 0.4) is 0 Å². The Hall–Kier alpha value is -0.560. The molecule has 1 rings (SSSR count). The lowest BCUT2D eigenvalue weighted by molar-refractivity contribution is 0.602. The first-order valence-electron chi connectivity index (χ1n) is 5.14. The molecule has 0 spiro atoms. The second-order valence-corrected chi connectivity index (χ2v) is 6.98. The van der Waals surface area contributed by atoms with Gasteiger partial charge in [-0.2, -0.15) is 0 Å². The van der Waals surface area contributed by atoms with E-state index in [9.17, 15) is 8.42 Å². The van der Waals surface area contributed by atoms with Gasteiger partial charge in [0.2, 0.25) is 0 Å². The van der Waals surface area contributed by atoms with Gasteiger partial charge in [0.15, 0.2) is 5.16 Å². The average molecular weight is 263 g/mol. The maximum Gasteiger partial charge on any atom is 0.191 e. The predicted molar refractivity (Wildman–Crippen MR) is 65.5 cm³/mol. The molecular formula is C9H17N3O2S2. The highest BCUT2D eigenvalue weighted by molar-refractivity contribution is 8.00. The van der Waals surface area contributed by atoms with Gasteiger partial charge < -0.3 is 4.57 Å². The van der Waals surface area contributed by atoms with Gasteiger partial charge in [-0.1, -0.05) is 18.7 Å². The van der Waals surface area contributed by atoms with E-state index in [1.165, 1.54) is 18.0 Å². The van der Waals surface area contributed by atoms with E-state index in [-0.39, 0.29) is 5.75 Å². The van der Waals surface area contributed by atoms with Gasteiger partial charge in [0, 0.05) is 18.6 Å². The summed E-state index contributed by atoms with van der Waals surface area (Å²) >= 11 is 1.44. The second-order valence-electron chi connectivity index (χ2n) is 3.66. The van der Waals surface area contributed by atoms with Gasteiger partial charge in [0.05, 0.1) is 5.75 Å². The van der Waals surface area contributed by atoms with E-state index in [1.54, 1.807) is 0 Å². The van der Waals surface area contributed by atoms with Crippen LogP contribution in [-0.4, -0.2) is 40.9 Å². The number of rotatable bonds is 6. The van der Waals surface area contributed by atoms with Gasteiger partial charge in [-0.3, -0.25) is 0 Å². The van der Waals surface area contributed by atoms with Gasteiger partial charge in [-0.15, -0.1) is 10.2 Å². The summed E-state index contributed by atoms with van der Waals surface area (Å²) in [5.41, 5.74) is 0. The number of hydrogen-bond acceptors (Lipinski definition) is 5. The van der Waals surface area contributed by atoms with E-state index in [4.69, 9.17) is 0 Å². The van der Waals surface area contributed by atoms with E-state index < -0.39 is 9.84 Å². The van der Waals surface area contributed by atoms with Crippen LogP contribution in [0.15, 0.2) is 5.16 Å². The van der Waals surface area contributed by atoms with Crippen LogP contribution in [0, 0.1) is 6.92 Å². The fraction of sp³-hybridized carbons (Fsp3) is 0.778. The van der Waals surface area contributed by atoms with Crippen molar-refractivity contribution >= 4 is 21.6 Å². The minimum atomic E-state index is -2.89. The molecular weight excluding hydrogens is 246 g/mol. The van der Waals surface area contributed by atoms with Crippen LogP contribution in [0.1, 0.15) is 19.2 Å². The van der Waals surface area contributed by atoms with Gasteiger partial charge >= 0.3 is 0 Å². The molecule has 1 aromatic rings. The molecule has 0 aliphatic rings. The van der Waals surface area contributed by atoms with Crippen molar-refractivity contribution in [2.45, 2.75) is 32.0 Å². The van der Waals surface area contributed by atoms with Gasteiger partial charge in [-0.25, -0.2) is 8.42 Å². The molecule has 0 atom stereocenters.